The first-order valence-corrected chi connectivity index (χ1v) is 8.68. The third kappa shape index (κ3) is 3.23. The number of nitriles is 2. The summed E-state index contributed by atoms with van der Waals surface area (Å²) < 4.78 is 0. The molecule has 7 heteroatoms. The fourth-order valence-corrected chi connectivity index (χ4v) is 3.63. The van der Waals surface area contributed by atoms with E-state index >= 15 is 0 Å². The van der Waals surface area contributed by atoms with E-state index in [0.29, 0.717) is 21.4 Å². The van der Waals surface area contributed by atoms with E-state index in [1.54, 1.807) is 0 Å². The molecule has 25 heavy (non-hydrogen) atoms. The Morgan fingerprint density at radius 2 is 1.88 bits per heavy atom. The molecular weight excluding hydrogens is 354 g/mol. The fraction of sp³-hybridized carbons (Fsp3) is 0.111. The van der Waals surface area contributed by atoms with Crippen molar-refractivity contribution in [2.75, 3.05) is 5.73 Å². The molecule has 0 atom stereocenters. The zero-order valence-corrected chi connectivity index (χ0v) is 14.8. The van der Waals surface area contributed by atoms with Crippen molar-refractivity contribution >= 4 is 40.1 Å². The number of pyridine rings is 2. The van der Waals surface area contributed by atoms with E-state index in [9.17, 15) is 5.26 Å². The molecule has 0 fully saturated rings. The molecule has 0 radical (unpaired) electrons. The number of nitrogen functional groups attached to an aromatic ring is 1. The second-order valence-electron chi connectivity index (χ2n) is 5.30. The average molecular weight is 366 g/mol. The molecule has 3 aromatic rings. The van der Waals surface area contributed by atoms with E-state index in [2.05, 4.69) is 9.97 Å². The van der Waals surface area contributed by atoms with Gasteiger partial charge < -0.3 is 5.73 Å². The maximum absolute atomic E-state index is 9.27. The minimum atomic E-state index is 0.109. The topological polar surface area (TPSA) is 99.4 Å². The number of rotatable bonds is 3. The Kier molecular flexibility index (Phi) is 4.76. The minimum absolute atomic E-state index is 0.109. The molecule has 0 aliphatic carbocycles. The number of nitrogens with zero attached hydrogens (tertiary/aromatic N) is 4. The van der Waals surface area contributed by atoms with Crippen LogP contribution in [0.15, 0.2) is 35.4 Å². The van der Waals surface area contributed by atoms with Gasteiger partial charge in [0.25, 0.3) is 0 Å². The summed E-state index contributed by atoms with van der Waals surface area (Å²) >= 11 is 7.78. The lowest BCUT2D eigenvalue weighted by Crippen LogP contribution is -2.00. The molecule has 1 aromatic carbocycles. The highest BCUT2D eigenvalue weighted by Crippen LogP contribution is 2.32. The number of hydrogen-bond donors (Lipinski definition) is 1. The van der Waals surface area contributed by atoms with Gasteiger partial charge in [0.15, 0.2) is 0 Å². The Bertz CT molecular complexity index is 1070. The molecule has 0 aliphatic heterocycles. The maximum Gasteiger partial charge on any atom is 0.142 e. The molecule has 2 heterocycles. The number of aryl methyl sites for hydroxylation is 1. The predicted octanol–water partition coefficient (Wildman–Crippen LogP) is 4.21. The summed E-state index contributed by atoms with van der Waals surface area (Å²) in [6, 6.07) is 13.2. The van der Waals surface area contributed by atoms with Crippen molar-refractivity contribution in [3.63, 3.8) is 0 Å². The molecule has 5 nitrogen and oxygen atoms in total. The first-order valence-electron chi connectivity index (χ1n) is 7.32. The molecule has 2 N–H and O–H groups in total. The van der Waals surface area contributed by atoms with Crippen LogP contribution in [0.4, 0.5) is 5.82 Å². The standard InChI is InChI=1S/C18H12ClN5S/c1-10-13-4-2-3-5-14(13)23-15(16(10)19)9-25-18-12(8-21)6-11(7-20)17(22)24-18/h2-6H,9H2,1H3,(H2,22,24). The predicted molar refractivity (Wildman–Crippen MR) is 99.1 cm³/mol. The maximum atomic E-state index is 9.27. The Morgan fingerprint density at radius 1 is 1.16 bits per heavy atom. The van der Waals surface area contributed by atoms with Gasteiger partial charge in [-0.1, -0.05) is 41.6 Å². The summed E-state index contributed by atoms with van der Waals surface area (Å²) in [5, 5.41) is 20.3. The Balaban J connectivity index is 1.96. The van der Waals surface area contributed by atoms with Crippen molar-refractivity contribution in [3.05, 3.63) is 57.7 Å². The molecule has 0 saturated heterocycles. The molecule has 3 rings (SSSR count). The Hall–Kier alpha value is -2.80. The smallest absolute Gasteiger partial charge is 0.142 e. The van der Waals surface area contributed by atoms with Crippen molar-refractivity contribution in [3.8, 4) is 12.1 Å². The van der Waals surface area contributed by atoms with Crippen LogP contribution in [-0.2, 0) is 5.75 Å². The number of para-hydroxylation sites is 1. The highest BCUT2D eigenvalue weighted by molar-refractivity contribution is 7.98. The summed E-state index contributed by atoms with van der Waals surface area (Å²) in [6.07, 6.45) is 0. The second-order valence-corrected chi connectivity index (χ2v) is 6.64. The first kappa shape index (κ1) is 17.0. The van der Waals surface area contributed by atoms with Gasteiger partial charge in [0.2, 0.25) is 0 Å². The van der Waals surface area contributed by atoms with Crippen LogP contribution in [0, 0.1) is 29.6 Å². The molecule has 0 amide bonds. The number of benzene rings is 1. The number of thioether (sulfide) groups is 1. The molecule has 122 valence electrons. The van der Waals surface area contributed by atoms with Gasteiger partial charge in [-0.15, -0.1) is 0 Å². The van der Waals surface area contributed by atoms with Crippen molar-refractivity contribution in [2.45, 2.75) is 17.7 Å². The zero-order chi connectivity index (χ0) is 18.0. The molecule has 0 bridgehead atoms. The van der Waals surface area contributed by atoms with Crippen LogP contribution in [0.25, 0.3) is 10.9 Å². The van der Waals surface area contributed by atoms with Gasteiger partial charge in [0.1, 0.15) is 23.0 Å². The van der Waals surface area contributed by atoms with Crippen molar-refractivity contribution in [1.82, 2.24) is 9.97 Å². The SMILES string of the molecule is Cc1c(Cl)c(CSc2nc(N)c(C#N)cc2C#N)nc2ccccc12. The van der Waals surface area contributed by atoms with Crippen LogP contribution in [0.2, 0.25) is 5.02 Å². The summed E-state index contributed by atoms with van der Waals surface area (Å²) in [6.45, 7) is 1.96. The molecule has 0 saturated carbocycles. The summed E-state index contributed by atoms with van der Waals surface area (Å²) in [7, 11) is 0. The van der Waals surface area contributed by atoms with E-state index in [1.165, 1.54) is 17.8 Å². The molecule has 0 unspecified atom stereocenters. The molecular formula is C18H12ClN5S. The van der Waals surface area contributed by atoms with Gasteiger partial charge in [0.05, 0.1) is 27.4 Å². The van der Waals surface area contributed by atoms with Crippen LogP contribution in [0.5, 0.6) is 0 Å². The molecule has 2 aromatic heterocycles. The highest BCUT2D eigenvalue weighted by atomic mass is 35.5. The summed E-state index contributed by atoms with van der Waals surface area (Å²) in [5.74, 6) is 0.551. The van der Waals surface area contributed by atoms with Gasteiger partial charge >= 0.3 is 0 Å². The van der Waals surface area contributed by atoms with E-state index in [-0.39, 0.29) is 11.4 Å². The normalized spacial score (nSPS) is 10.4. The first-order chi connectivity index (χ1) is 12.0. The van der Waals surface area contributed by atoms with Crippen LogP contribution in [0.3, 0.4) is 0 Å². The lowest BCUT2D eigenvalue weighted by Gasteiger charge is -2.10. The van der Waals surface area contributed by atoms with Crippen molar-refractivity contribution in [1.29, 1.82) is 10.5 Å². The van der Waals surface area contributed by atoms with E-state index in [0.717, 1.165) is 22.2 Å². The lowest BCUT2D eigenvalue weighted by atomic mass is 10.1. The van der Waals surface area contributed by atoms with Gasteiger partial charge in [-0.2, -0.15) is 10.5 Å². The zero-order valence-electron chi connectivity index (χ0n) is 13.2. The number of halogens is 1. The van der Waals surface area contributed by atoms with Crippen LogP contribution in [-0.4, -0.2) is 9.97 Å². The Morgan fingerprint density at radius 3 is 2.60 bits per heavy atom. The van der Waals surface area contributed by atoms with Gasteiger partial charge in [0, 0.05) is 11.1 Å². The second kappa shape index (κ2) is 6.98. The van der Waals surface area contributed by atoms with Crippen LogP contribution >= 0.6 is 23.4 Å². The quantitative estimate of drug-likeness (QED) is 0.698. The minimum Gasteiger partial charge on any atom is -0.383 e. The fourth-order valence-electron chi connectivity index (χ4n) is 2.44. The number of fused-ring (bicyclic) bond motifs is 1. The molecule has 0 spiro atoms. The third-order valence-corrected chi connectivity index (χ3v) is 5.25. The monoisotopic (exact) mass is 365 g/mol. The van der Waals surface area contributed by atoms with Crippen molar-refractivity contribution < 1.29 is 0 Å². The average Bonchev–Trinajstić information content (AvgIpc) is 2.63. The van der Waals surface area contributed by atoms with Crippen LogP contribution in [0.1, 0.15) is 22.4 Å². The van der Waals surface area contributed by atoms with Gasteiger partial charge in [-0.05, 0) is 24.6 Å². The van der Waals surface area contributed by atoms with Gasteiger partial charge in [-0.3, -0.25) is 4.98 Å². The van der Waals surface area contributed by atoms with E-state index in [4.69, 9.17) is 22.6 Å². The number of hydrogen-bond acceptors (Lipinski definition) is 6. The number of nitrogens with two attached hydrogens (primary N) is 1. The lowest BCUT2D eigenvalue weighted by molar-refractivity contribution is 1.10. The Labute approximate surface area is 154 Å². The largest absolute Gasteiger partial charge is 0.383 e. The summed E-state index contributed by atoms with van der Waals surface area (Å²) in [5.41, 5.74) is 8.81. The van der Waals surface area contributed by atoms with E-state index < -0.39 is 0 Å². The number of anilines is 1. The van der Waals surface area contributed by atoms with E-state index in [1.807, 2.05) is 43.3 Å². The number of aromatic nitrogens is 2. The highest BCUT2D eigenvalue weighted by Gasteiger charge is 2.14. The summed E-state index contributed by atoms with van der Waals surface area (Å²) in [4.78, 5) is 8.78. The third-order valence-electron chi connectivity index (χ3n) is 3.75. The van der Waals surface area contributed by atoms with Crippen molar-refractivity contribution in [2.24, 2.45) is 0 Å². The van der Waals surface area contributed by atoms with Crippen LogP contribution < -0.4 is 5.73 Å². The molecule has 0 aliphatic rings. The van der Waals surface area contributed by atoms with Gasteiger partial charge in [-0.25, -0.2) is 4.98 Å².